The Balaban J connectivity index is 2.07. The molecule has 9 heteroatoms. The summed E-state index contributed by atoms with van der Waals surface area (Å²) in [4.78, 5) is 29.1. The first-order valence-electron chi connectivity index (χ1n) is 12.9. The van der Waals surface area contributed by atoms with E-state index in [1.165, 1.54) is 4.90 Å². The number of nitrogens with one attached hydrogen (secondary N) is 1. The molecule has 1 N–H and O–H groups in total. The van der Waals surface area contributed by atoms with Gasteiger partial charge >= 0.3 is 0 Å². The minimum Gasteiger partial charge on any atom is -0.354 e. The van der Waals surface area contributed by atoms with Crippen LogP contribution < -0.4 is 9.62 Å². The van der Waals surface area contributed by atoms with E-state index in [9.17, 15) is 18.0 Å². The van der Waals surface area contributed by atoms with E-state index in [-0.39, 0.29) is 18.9 Å². The average molecular weight is 570 g/mol. The van der Waals surface area contributed by atoms with E-state index in [0.29, 0.717) is 17.3 Å². The molecule has 39 heavy (non-hydrogen) atoms. The molecule has 0 unspecified atom stereocenters. The van der Waals surface area contributed by atoms with Crippen molar-refractivity contribution in [3.63, 3.8) is 0 Å². The fraction of sp³-hybridized carbons (Fsp3) is 0.333. The maximum absolute atomic E-state index is 14.1. The number of amides is 2. The van der Waals surface area contributed by atoms with Crippen molar-refractivity contribution < 1.29 is 18.0 Å². The highest BCUT2D eigenvalue weighted by atomic mass is 35.5. The first kappa shape index (κ1) is 30.2. The molecular weight excluding hydrogens is 534 g/mol. The molecule has 0 aromatic heterocycles. The molecular formula is C30H36ClN3O4S. The number of rotatable bonds is 12. The standard InChI is InChI=1S/C30H36ClN3O4S/c1-5-18-32-30(36)27(19-24-12-7-6-8-13-24)33(20-25-14-16-26(31)17-15-25)28(35)21-34(39(4,37)38)29-22(2)10-9-11-23(29)3/h6-17,27H,5,18-21H2,1-4H3,(H,32,36)/t27-/m0/s1. The Morgan fingerprint density at radius 1 is 0.897 bits per heavy atom. The summed E-state index contributed by atoms with van der Waals surface area (Å²) in [5, 5.41) is 3.48. The van der Waals surface area contributed by atoms with E-state index in [1.807, 2.05) is 69.3 Å². The molecule has 2 amide bonds. The Morgan fingerprint density at radius 2 is 1.51 bits per heavy atom. The van der Waals surface area contributed by atoms with Gasteiger partial charge in [-0.1, -0.05) is 79.2 Å². The molecule has 0 radical (unpaired) electrons. The Labute approximate surface area is 236 Å². The molecule has 0 bridgehead atoms. The lowest BCUT2D eigenvalue weighted by Crippen LogP contribution is -2.53. The summed E-state index contributed by atoms with van der Waals surface area (Å²) in [6.45, 7) is 5.71. The third kappa shape index (κ3) is 8.31. The van der Waals surface area contributed by atoms with E-state index in [4.69, 9.17) is 11.6 Å². The molecule has 208 valence electrons. The number of halogens is 1. The van der Waals surface area contributed by atoms with Crippen LogP contribution in [0.4, 0.5) is 5.69 Å². The molecule has 3 aromatic rings. The maximum atomic E-state index is 14.1. The molecule has 0 aliphatic heterocycles. The number of nitrogens with zero attached hydrogens (tertiary/aromatic N) is 2. The van der Waals surface area contributed by atoms with Crippen LogP contribution in [0.25, 0.3) is 0 Å². The summed E-state index contributed by atoms with van der Waals surface area (Å²) in [5.41, 5.74) is 3.60. The SMILES string of the molecule is CCCNC(=O)[C@H](Cc1ccccc1)N(Cc1ccc(Cl)cc1)C(=O)CN(c1c(C)cccc1C)S(C)(=O)=O. The predicted molar refractivity (Wildman–Crippen MR) is 157 cm³/mol. The van der Waals surface area contributed by atoms with Gasteiger partial charge in [-0.15, -0.1) is 0 Å². The van der Waals surface area contributed by atoms with Crippen molar-refractivity contribution in [2.75, 3.05) is 23.7 Å². The molecule has 1 atom stereocenters. The van der Waals surface area contributed by atoms with Gasteiger partial charge in [-0.3, -0.25) is 13.9 Å². The Kier molecular flexibility index (Phi) is 10.5. The molecule has 3 rings (SSSR count). The number of sulfonamides is 1. The lowest BCUT2D eigenvalue weighted by Gasteiger charge is -2.34. The highest BCUT2D eigenvalue weighted by molar-refractivity contribution is 7.92. The quantitative estimate of drug-likeness (QED) is 0.336. The first-order valence-corrected chi connectivity index (χ1v) is 15.1. The minimum absolute atomic E-state index is 0.109. The maximum Gasteiger partial charge on any atom is 0.244 e. The monoisotopic (exact) mass is 569 g/mol. The van der Waals surface area contributed by atoms with Crippen LogP contribution in [0, 0.1) is 13.8 Å². The number of carbonyl (C=O) groups is 2. The second-order valence-electron chi connectivity index (χ2n) is 9.65. The van der Waals surface area contributed by atoms with E-state index in [2.05, 4.69) is 5.32 Å². The highest BCUT2D eigenvalue weighted by Crippen LogP contribution is 2.27. The summed E-state index contributed by atoms with van der Waals surface area (Å²) in [5.74, 6) is -0.772. The van der Waals surface area contributed by atoms with Crippen molar-refractivity contribution in [1.82, 2.24) is 10.2 Å². The van der Waals surface area contributed by atoms with Crippen LogP contribution in [0.5, 0.6) is 0 Å². The van der Waals surface area contributed by atoms with Crippen LogP contribution in [0.1, 0.15) is 35.6 Å². The van der Waals surface area contributed by atoms with Gasteiger partial charge in [0.25, 0.3) is 0 Å². The molecule has 3 aromatic carbocycles. The zero-order valence-corrected chi connectivity index (χ0v) is 24.4. The fourth-order valence-corrected chi connectivity index (χ4v) is 5.57. The number of benzene rings is 3. The fourth-order valence-electron chi connectivity index (χ4n) is 4.48. The molecule has 0 fully saturated rings. The normalized spacial score (nSPS) is 12.0. The van der Waals surface area contributed by atoms with E-state index in [0.717, 1.165) is 39.2 Å². The van der Waals surface area contributed by atoms with Gasteiger partial charge in [0, 0.05) is 24.5 Å². The van der Waals surface area contributed by atoms with Crippen LogP contribution in [-0.4, -0.2) is 50.5 Å². The van der Waals surface area contributed by atoms with Gasteiger partial charge in [-0.2, -0.15) is 0 Å². The van der Waals surface area contributed by atoms with Gasteiger partial charge < -0.3 is 10.2 Å². The summed E-state index contributed by atoms with van der Waals surface area (Å²) in [6.07, 6.45) is 2.10. The number of para-hydroxylation sites is 1. The number of carbonyl (C=O) groups excluding carboxylic acids is 2. The predicted octanol–water partition coefficient (Wildman–Crippen LogP) is 4.89. The van der Waals surface area contributed by atoms with E-state index >= 15 is 0 Å². The second kappa shape index (κ2) is 13.6. The molecule has 0 spiro atoms. The van der Waals surface area contributed by atoms with Crippen molar-refractivity contribution in [1.29, 1.82) is 0 Å². The lowest BCUT2D eigenvalue weighted by atomic mass is 10.0. The minimum atomic E-state index is -3.82. The van der Waals surface area contributed by atoms with Crippen LogP contribution >= 0.6 is 11.6 Å². The lowest BCUT2D eigenvalue weighted by molar-refractivity contribution is -0.140. The Hall–Kier alpha value is -3.36. The van der Waals surface area contributed by atoms with Crippen molar-refractivity contribution in [2.24, 2.45) is 0 Å². The molecule has 0 heterocycles. The highest BCUT2D eigenvalue weighted by Gasteiger charge is 2.33. The van der Waals surface area contributed by atoms with Gasteiger partial charge in [-0.05, 0) is 54.7 Å². The van der Waals surface area contributed by atoms with Gasteiger partial charge in [0.05, 0.1) is 11.9 Å². The third-order valence-corrected chi connectivity index (χ3v) is 7.82. The van der Waals surface area contributed by atoms with Crippen LogP contribution in [0.3, 0.4) is 0 Å². The molecule has 0 saturated carbocycles. The Morgan fingerprint density at radius 3 is 2.08 bits per heavy atom. The smallest absolute Gasteiger partial charge is 0.244 e. The Bertz CT molecular complexity index is 1360. The van der Waals surface area contributed by atoms with Crippen molar-refractivity contribution >= 4 is 39.1 Å². The molecule has 0 saturated heterocycles. The van der Waals surface area contributed by atoms with Crippen LogP contribution in [0.15, 0.2) is 72.8 Å². The topological polar surface area (TPSA) is 86.8 Å². The number of hydrogen-bond acceptors (Lipinski definition) is 4. The van der Waals surface area contributed by atoms with Gasteiger partial charge in [0.15, 0.2) is 0 Å². The van der Waals surface area contributed by atoms with Crippen molar-refractivity contribution in [3.8, 4) is 0 Å². The van der Waals surface area contributed by atoms with Crippen LogP contribution in [0.2, 0.25) is 5.02 Å². The third-order valence-electron chi connectivity index (χ3n) is 6.45. The van der Waals surface area contributed by atoms with E-state index in [1.54, 1.807) is 24.3 Å². The molecule has 7 nitrogen and oxygen atoms in total. The summed E-state index contributed by atoms with van der Waals surface area (Å²) >= 11 is 6.09. The summed E-state index contributed by atoms with van der Waals surface area (Å²) < 4.78 is 27.1. The van der Waals surface area contributed by atoms with Crippen LogP contribution in [-0.2, 0) is 32.6 Å². The average Bonchev–Trinajstić information content (AvgIpc) is 2.89. The van der Waals surface area contributed by atoms with Crippen molar-refractivity contribution in [3.05, 3.63) is 100 Å². The largest absolute Gasteiger partial charge is 0.354 e. The number of aryl methyl sites for hydroxylation is 2. The zero-order chi connectivity index (χ0) is 28.6. The van der Waals surface area contributed by atoms with E-state index < -0.39 is 28.5 Å². The first-order chi connectivity index (χ1) is 18.5. The van der Waals surface area contributed by atoms with Crippen molar-refractivity contribution in [2.45, 2.75) is 46.2 Å². The molecule has 0 aliphatic rings. The summed E-state index contributed by atoms with van der Waals surface area (Å²) in [6, 6.07) is 21.1. The van der Waals surface area contributed by atoms with Gasteiger partial charge in [-0.25, -0.2) is 8.42 Å². The summed E-state index contributed by atoms with van der Waals surface area (Å²) in [7, 11) is -3.82. The molecule has 0 aliphatic carbocycles. The number of hydrogen-bond donors (Lipinski definition) is 1. The number of anilines is 1. The zero-order valence-electron chi connectivity index (χ0n) is 22.9. The van der Waals surface area contributed by atoms with Gasteiger partial charge in [0.1, 0.15) is 12.6 Å². The second-order valence-corrected chi connectivity index (χ2v) is 12.0. The van der Waals surface area contributed by atoms with Gasteiger partial charge in [0.2, 0.25) is 21.8 Å².